The Morgan fingerprint density at radius 2 is 1.94 bits per heavy atom. The van der Waals surface area contributed by atoms with Gasteiger partial charge in [-0.15, -0.1) is 5.06 Å². The lowest BCUT2D eigenvalue weighted by atomic mass is 9.84. The number of ether oxygens (including phenoxy) is 1. The number of hydroxylamine groups is 2. The molecule has 2 heterocycles. The molecular weight excluding hydrogens is 427 g/mol. The van der Waals surface area contributed by atoms with Crippen molar-refractivity contribution >= 4 is 17.7 Å². The summed E-state index contributed by atoms with van der Waals surface area (Å²) in [5.74, 6) is 0.0288. The molecule has 4 rings (SSSR count). The van der Waals surface area contributed by atoms with E-state index in [-0.39, 0.29) is 11.7 Å². The summed E-state index contributed by atoms with van der Waals surface area (Å²) in [5.41, 5.74) is 2.03. The predicted molar refractivity (Wildman–Crippen MR) is 122 cm³/mol. The van der Waals surface area contributed by atoms with Crippen LogP contribution in [0.4, 0.5) is 14.9 Å². The minimum atomic E-state index is -0.624. The SMILES string of the molecule is O=C(N[C@@H](CC1CCCCC1)C(=O)NCCN1CCc2cc(F)ccc21)ON1CCOCC1. The maximum atomic E-state index is 13.5. The zero-order chi connectivity index (χ0) is 23.0. The van der Waals surface area contributed by atoms with Crippen LogP contribution in [0.1, 0.15) is 44.1 Å². The van der Waals surface area contributed by atoms with E-state index in [9.17, 15) is 14.0 Å². The summed E-state index contributed by atoms with van der Waals surface area (Å²) in [6.07, 6.45) is 6.59. The van der Waals surface area contributed by atoms with Crippen LogP contribution in [0, 0.1) is 11.7 Å². The number of benzene rings is 1. The summed E-state index contributed by atoms with van der Waals surface area (Å²) >= 11 is 0. The third-order valence-corrected chi connectivity index (χ3v) is 6.80. The molecular formula is C24H35FN4O4. The summed E-state index contributed by atoms with van der Waals surface area (Å²) in [4.78, 5) is 33.0. The van der Waals surface area contributed by atoms with Crippen LogP contribution in [0.5, 0.6) is 0 Å². The summed E-state index contributed by atoms with van der Waals surface area (Å²) < 4.78 is 18.7. The molecule has 0 bridgehead atoms. The molecule has 2 fully saturated rings. The highest BCUT2D eigenvalue weighted by molar-refractivity contribution is 5.85. The van der Waals surface area contributed by atoms with Gasteiger partial charge in [-0.2, -0.15) is 0 Å². The number of amides is 2. The molecule has 9 heteroatoms. The molecule has 1 aromatic carbocycles. The first kappa shape index (κ1) is 23.8. The molecule has 1 saturated heterocycles. The number of carbonyl (C=O) groups is 2. The van der Waals surface area contributed by atoms with Crippen molar-refractivity contribution in [3.63, 3.8) is 0 Å². The molecule has 8 nitrogen and oxygen atoms in total. The molecule has 182 valence electrons. The number of hydrogen-bond donors (Lipinski definition) is 2. The second-order valence-corrected chi connectivity index (χ2v) is 9.16. The van der Waals surface area contributed by atoms with Crippen molar-refractivity contribution < 1.29 is 23.6 Å². The van der Waals surface area contributed by atoms with Gasteiger partial charge in [-0.3, -0.25) is 4.79 Å². The molecule has 1 aliphatic carbocycles. The monoisotopic (exact) mass is 462 g/mol. The maximum Gasteiger partial charge on any atom is 0.426 e. The van der Waals surface area contributed by atoms with E-state index in [4.69, 9.17) is 9.57 Å². The van der Waals surface area contributed by atoms with Crippen molar-refractivity contribution in [3.8, 4) is 0 Å². The second-order valence-electron chi connectivity index (χ2n) is 9.16. The van der Waals surface area contributed by atoms with Gasteiger partial charge in [0.15, 0.2) is 0 Å². The first-order chi connectivity index (χ1) is 16.1. The van der Waals surface area contributed by atoms with Crippen molar-refractivity contribution in [1.29, 1.82) is 0 Å². The van der Waals surface area contributed by atoms with Crippen LogP contribution in [0.25, 0.3) is 0 Å². The van der Waals surface area contributed by atoms with Crippen LogP contribution in [0.15, 0.2) is 18.2 Å². The van der Waals surface area contributed by atoms with Crippen molar-refractivity contribution in [1.82, 2.24) is 15.7 Å². The lowest BCUT2D eigenvalue weighted by molar-refractivity contribution is -0.147. The third kappa shape index (κ3) is 6.80. The Morgan fingerprint density at radius 1 is 1.15 bits per heavy atom. The molecule has 33 heavy (non-hydrogen) atoms. The van der Waals surface area contributed by atoms with E-state index < -0.39 is 12.1 Å². The molecule has 2 amide bonds. The number of hydrogen-bond acceptors (Lipinski definition) is 6. The molecule has 1 atom stereocenters. The van der Waals surface area contributed by atoms with Gasteiger partial charge in [0, 0.05) is 25.3 Å². The highest BCUT2D eigenvalue weighted by Gasteiger charge is 2.28. The number of halogens is 1. The number of morpholine rings is 1. The first-order valence-corrected chi connectivity index (χ1v) is 12.2. The second kappa shape index (κ2) is 11.7. The molecule has 0 unspecified atom stereocenters. The van der Waals surface area contributed by atoms with Gasteiger partial charge in [-0.25, -0.2) is 9.18 Å². The van der Waals surface area contributed by atoms with Crippen molar-refractivity contribution in [2.45, 2.75) is 51.0 Å². The third-order valence-electron chi connectivity index (χ3n) is 6.80. The smallest absolute Gasteiger partial charge is 0.379 e. The average molecular weight is 463 g/mol. The van der Waals surface area contributed by atoms with Crippen LogP contribution >= 0.6 is 0 Å². The minimum Gasteiger partial charge on any atom is -0.379 e. The Kier molecular flexibility index (Phi) is 8.39. The van der Waals surface area contributed by atoms with Crippen LogP contribution < -0.4 is 15.5 Å². The van der Waals surface area contributed by atoms with Gasteiger partial charge in [0.25, 0.3) is 0 Å². The largest absolute Gasteiger partial charge is 0.426 e. The average Bonchev–Trinajstić information content (AvgIpc) is 3.21. The van der Waals surface area contributed by atoms with E-state index in [1.54, 1.807) is 17.2 Å². The number of anilines is 1. The van der Waals surface area contributed by atoms with Crippen molar-refractivity contribution in [2.75, 3.05) is 50.8 Å². The molecule has 2 N–H and O–H groups in total. The zero-order valence-electron chi connectivity index (χ0n) is 19.2. The molecule has 1 saturated carbocycles. The summed E-state index contributed by atoms with van der Waals surface area (Å²) in [5, 5.41) is 7.36. The summed E-state index contributed by atoms with van der Waals surface area (Å²) in [7, 11) is 0. The molecule has 3 aliphatic rings. The van der Waals surface area contributed by atoms with E-state index in [0.717, 1.165) is 37.1 Å². The Balaban J connectivity index is 1.29. The van der Waals surface area contributed by atoms with E-state index in [2.05, 4.69) is 15.5 Å². The maximum absolute atomic E-state index is 13.5. The van der Waals surface area contributed by atoms with Crippen LogP contribution in [-0.4, -0.2) is 69.0 Å². The van der Waals surface area contributed by atoms with Crippen molar-refractivity contribution in [3.05, 3.63) is 29.6 Å². The first-order valence-electron chi connectivity index (χ1n) is 12.2. The molecule has 1 aromatic rings. The topological polar surface area (TPSA) is 83.1 Å². The minimum absolute atomic E-state index is 0.182. The lowest BCUT2D eigenvalue weighted by Gasteiger charge is -2.29. The molecule has 0 spiro atoms. The standard InChI is InChI=1S/C24H35FN4O4/c25-20-6-7-22-19(17-20)8-10-28(22)11-9-26-23(30)21(16-18-4-2-1-3-5-18)27-24(31)33-29-12-14-32-15-13-29/h6-7,17-18,21H,1-5,8-16H2,(H,26,30)(H,27,31)/t21-/m0/s1. The van der Waals surface area contributed by atoms with Gasteiger partial charge < -0.3 is 25.1 Å². The number of carbonyl (C=O) groups excluding carboxylic acids is 2. The normalized spacial score (nSPS) is 20.2. The number of rotatable bonds is 8. The van der Waals surface area contributed by atoms with E-state index >= 15 is 0 Å². The fraction of sp³-hybridized carbons (Fsp3) is 0.667. The van der Waals surface area contributed by atoms with Gasteiger partial charge >= 0.3 is 6.09 Å². The van der Waals surface area contributed by atoms with E-state index in [1.807, 2.05) is 0 Å². The van der Waals surface area contributed by atoms with Crippen LogP contribution in [0.2, 0.25) is 0 Å². The molecule has 0 aromatic heterocycles. The summed E-state index contributed by atoms with van der Waals surface area (Å²) in [6.45, 7) is 3.99. The van der Waals surface area contributed by atoms with Crippen molar-refractivity contribution in [2.24, 2.45) is 5.92 Å². The van der Waals surface area contributed by atoms with Gasteiger partial charge in [0.05, 0.1) is 26.3 Å². The highest BCUT2D eigenvalue weighted by Crippen LogP contribution is 2.29. The Bertz CT molecular complexity index is 812. The predicted octanol–water partition coefficient (Wildman–Crippen LogP) is 2.62. The summed E-state index contributed by atoms with van der Waals surface area (Å²) in [6, 6.07) is 4.23. The zero-order valence-corrected chi connectivity index (χ0v) is 19.2. The van der Waals surface area contributed by atoms with Gasteiger partial charge in [-0.05, 0) is 42.5 Å². The van der Waals surface area contributed by atoms with Gasteiger partial charge in [-0.1, -0.05) is 32.1 Å². The van der Waals surface area contributed by atoms with E-state index in [0.29, 0.717) is 51.7 Å². The van der Waals surface area contributed by atoms with E-state index in [1.165, 1.54) is 25.3 Å². The quantitative estimate of drug-likeness (QED) is 0.618. The van der Waals surface area contributed by atoms with Gasteiger partial charge in [0.1, 0.15) is 11.9 Å². The Hall–Kier alpha value is -2.39. The number of nitrogens with one attached hydrogen (secondary N) is 2. The molecule has 0 radical (unpaired) electrons. The Morgan fingerprint density at radius 3 is 2.73 bits per heavy atom. The fourth-order valence-electron chi connectivity index (χ4n) is 5.02. The Labute approximate surface area is 194 Å². The van der Waals surface area contributed by atoms with Crippen LogP contribution in [-0.2, 0) is 20.8 Å². The highest BCUT2D eigenvalue weighted by atomic mass is 19.1. The number of nitrogens with zero attached hydrogens (tertiary/aromatic N) is 2. The van der Waals surface area contributed by atoms with Gasteiger partial charge in [0.2, 0.25) is 5.91 Å². The van der Waals surface area contributed by atoms with Crippen LogP contribution in [0.3, 0.4) is 0 Å². The molecule has 2 aliphatic heterocycles. The fourth-order valence-corrected chi connectivity index (χ4v) is 5.02. The number of fused-ring (bicyclic) bond motifs is 1. The lowest BCUT2D eigenvalue weighted by Crippen LogP contribution is -2.51.